The zero-order chi connectivity index (χ0) is 21.4. The summed E-state index contributed by atoms with van der Waals surface area (Å²) in [5, 5.41) is 17.9. The van der Waals surface area contributed by atoms with Crippen molar-refractivity contribution >= 4 is 5.65 Å². The second kappa shape index (κ2) is 8.27. The van der Waals surface area contributed by atoms with Gasteiger partial charge in [-0.3, -0.25) is 4.90 Å². The molecule has 3 aromatic heterocycles. The molecule has 2 fully saturated rings. The third kappa shape index (κ3) is 4.34. The number of hydrogen-bond acceptors (Lipinski definition) is 8. The van der Waals surface area contributed by atoms with Crippen molar-refractivity contribution in [3.05, 3.63) is 35.4 Å². The van der Waals surface area contributed by atoms with Gasteiger partial charge in [-0.25, -0.2) is 0 Å². The molecular weight excluding hydrogens is 394 g/mol. The van der Waals surface area contributed by atoms with Crippen LogP contribution in [0.3, 0.4) is 0 Å². The van der Waals surface area contributed by atoms with Gasteiger partial charge in [0.05, 0.1) is 12.2 Å². The maximum Gasteiger partial charge on any atom is 0.229 e. The molecule has 9 nitrogen and oxygen atoms in total. The van der Waals surface area contributed by atoms with Crippen LogP contribution in [0.5, 0.6) is 0 Å². The predicted octanol–water partition coefficient (Wildman–Crippen LogP) is 3.08. The van der Waals surface area contributed by atoms with Crippen LogP contribution in [0.1, 0.15) is 81.5 Å². The van der Waals surface area contributed by atoms with E-state index in [0.717, 1.165) is 87.4 Å². The summed E-state index contributed by atoms with van der Waals surface area (Å²) in [5.41, 5.74) is 1.86. The Balaban J connectivity index is 1.22. The summed E-state index contributed by atoms with van der Waals surface area (Å²) >= 11 is 0. The van der Waals surface area contributed by atoms with Crippen LogP contribution in [0.15, 0.2) is 16.7 Å². The second-order valence-corrected chi connectivity index (χ2v) is 9.78. The predicted molar refractivity (Wildman–Crippen MR) is 114 cm³/mol. The number of fused-ring (bicyclic) bond motifs is 1. The minimum Gasteiger partial charge on any atom is -0.381 e. The van der Waals surface area contributed by atoms with E-state index in [2.05, 4.69) is 52.1 Å². The molecule has 0 saturated carbocycles. The van der Waals surface area contributed by atoms with Crippen LogP contribution < -0.4 is 0 Å². The number of ether oxygens (including phenoxy) is 1. The molecular formula is C22H31N7O2. The molecule has 0 amide bonds. The minimum absolute atomic E-state index is 0.00675. The molecule has 0 atom stereocenters. The average Bonchev–Trinajstić information content (AvgIpc) is 3.41. The van der Waals surface area contributed by atoms with Crippen LogP contribution in [-0.2, 0) is 16.7 Å². The lowest BCUT2D eigenvalue weighted by molar-refractivity contribution is 0.0778. The Kier molecular flexibility index (Phi) is 5.47. The number of hydrogen-bond donors (Lipinski definition) is 0. The van der Waals surface area contributed by atoms with Crippen molar-refractivity contribution in [1.82, 2.24) is 34.9 Å². The molecule has 0 aromatic carbocycles. The van der Waals surface area contributed by atoms with Gasteiger partial charge in [0, 0.05) is 30.5 Å². The molecule has 0 aliphatic carbocycles. The van der Waals surface area contributed by atoms with Gasteiger partial charge >= 0.3 is 0 Å². The molecule has 2 saturated heterocycles. The fourth-order valence-electron chi connectivity index (χ4n) is 4.45. The third-order valence-electron chi connectivity index (χ3n) is 6.43. The fourth-order valence-corrected chi connectivity index (χ4v) is 4.45. The van der Waals surface area contributed by atoms with Crippen LogP contribution in [0.4, 0.5) is 0 Å². The van der Waals surface area contributed by atoms with Crippen molar-refractivity contribution < 1.29 is 9.26 Å². The smallest absolute Gasteiger partial charge is 0.229 e. The van der Waals surface area contributed by atoms with Gasteiger partial charge in [-0.2, -0.15) is 14.6 Å². The van der Waals surface area contributed by atoms with E-state index in [9.17, 15) is 0 Å². The van der Waals surface area contributed by atoms with Crippen molar-refractivity contribution in [2.24, 2.45) is 0 Å². The van der Waals surface area contributed by atoms with Gasteiger partial charge in [0.1, 0.15) is 0 Å². The highest BCUT2D eigenvalue weighted by Gasteiger charge is 2.28. The second-order valence-electron chi connectivity index (χ2n) is 9.78. The van der Waals surface area contributed by atoms with Crippen molar-refractivity contribution in [2.75, 3.05) is 26.3 Å². The van der Waals surface area contributed by atoms with E-state index in [0.29, 0.717) is 11.8 Å². The largest absolute Gasteiger partial charge is 0.381 e. The van der Waals surface area contributed by atoms with Crippen molar-refractivity contribution in [2.45, 2.75) is 70.3 Å². The molecule has 2 aliphatic rings. The molecule has 0 spiro atoms. The molecule has 0 unspecified atom stereocenters. The zero-order valence-electron chi connectivity index (χ0n) is 18.6. The SMILES string of the molecule is CC(C)(C)c1ccc2nnc(C3CCN(Cc4noc(C5CCOCC5)n4)CC3)n2n1. The van der Waals surface area contributed by atoms with E-state index in [-0.39, 0.29) is 5.41 Å². The van der Waals surface area contributed by atoms with Crippen LogP contribution >= 0.6 is 0 Å². The zero-order valence-corrected chi connectivity index (χ0v) is 18.6. The van der Waals surface area contributed by atoms with Gasteiger partial charge < -0.3 is 9.26 Å². The van der Waals surface area contributed by atoms with Crippen molar-refractivity contribution in [3.63, 3.8) is 0 Å². The number of likely N-dealkylation sites (tertiary alicyclic amines) is 1. The highest BCUT2D eigenvalue weighted by Crippen LogP contribution is 2.29. The first-order valence-corrected chi connectivity index (χ1v) is 11.3. The maximum atomic E-state index is 5.54. The van der Waals surface area contributed by atoms with E-state index in [4.69, 9.17) is 14.4 Å². The quantitative estimate of drug-likeness (QED) is 0.629. The van der Waals surface area contributed by atoms with Gasteiger partial charge in [-0.15, -0.1) is 10.2 Å². The Labute approximate surface area is 182 Å². The Morgan fingerprint density at radius 2 is 1.77 bits per heavy atom. The molecule has 2 aliphatic heterocycles. The molecule has 0 bridgehead atoms. The maximum absolute atomic E-state index is 5.54. The van der Waals surface area contributed by atoms with Crippen LogP contribution in [0.2, 0.25) is 0 Å². The summed E-state index contributed by atoms with van der Waals surface area (Å²) in [6.07, 6.45) is 3.97. The monoisotopic (exact) mass is 425 g/mol. The molecule has 0 radical (unpaired) electrons. The molecule has 5 rings (SSSR count). The van der Waals surface area contributed by atoms with Gasteiger partial charge in [0.2, 0.25) is 5.89 Å². The Morgan fingerprint density at radius 3 is 2.52 bits per heavy atom. The lowest BCUT2D eigenvalue weighted by Gasteiger charge is -2.30. The van der Waals surface area contributed by atoms with E-state index >= 15 is 0 Å². The van der Waals surface area contributed by atoms with Crippen LogP contribution in [-0.4, -0.2) is 61.2 Å². The van der Waals surface area contributed by atoms with Crippen molar-refractivity contribution in [3.8, 4) is 0 Å². The normalized spacial score (nSPS) is 20.0. The first-order valence-electron chi connectivity index (χ1n) is 11.3. The molecule has 0 N–H and O–H groups in total. The van der Waals surface area contributed by atoms with E-state index in [1.807, 2.05) is 10.6 Å². The third-order valence-corrected chi connectivity index (χ3v) is 6.43. The summed E-state index contributed by atoms with van der Waals surface area (Å²) in [4.78, 5) is 7.05. The van der Waals surface area contributed by atoms with E-state index in [1.54, 1.807) is 0 Å². The number of nitrogens with zero attached hydrogens (tertiary/aromatic N) is 7. The van der Waals surface area contributed by atoms with Gasteiger partial charge in [-0.05, 0) is 50.9 Å². The summed E-state index contributed by atoms with van der Waals surface area (Å²) in [5.74, 6) is 3.22. The summed E-state index contributed by atoms with van der Waals surface area (Å²) in [7, 11) is 0. The van der Waals surface area contributed by atoms with Gasteiger partial charge in [0.15, 0.2) is 17.3 Å². The minimum atomic E-state index is -0.00675. The first kappa shape index (κ1) is 20.5. The number of rotatable bonds is 4. The summed E-state index contributed by atoms with van der Waals surface area (Å²) < 4.78 is 12.9. The summed E-state index contributed by atoms with van der Waals surface area (Å²) in [6, 6.07) is 4.07. The topological polar surface area (TPSA) is 94.5 Å². The fraction of sp³-hybridized carbons (Fsp3) is 0.682. The highest BCUT2D eigenvalue weighted by molar-refractivity contribution is 5.37. The standard InChI is InChI=1S/C22H31N7O2/c1-22(2,3)17-4-5-19-24-25-20(29(19)26-17)15-6-10-28(11-7-15)14-18-23-21(31-27-18)16-8-12-30-13-9-16/h4-5,15-16H,6-14H2,1-3H3. The first-order chi connectivity index (χ1) is 15.0. The van der Waals surface area contributed by atoms with E-state index in [1.165, 1.54) is 0 Å². The van der Waals surface area contributed by atoms with Gasteiger partial charge in [0.25, 0.3) is 0 Å². The highest BCUT2D eigenvalue weighted by atomic mass is 16.5. The molecule has 166 valence electrons. The average molecular weight is 426 g/mol. The lowest BCUT2D eigenvalue weighted by Crippen LogP contribution is -2.33. The molecule has 9 heteroatoms. The van der Waals surface area contributed by atoms with E-state index < -0.39 is 0 Å². The van der Waals surface area contributed by atoms with Crippen LogP contribution in [0, 0.1) is 0 Å². The lowest BCUT2D eigenvalue weighted by atomic mass is 9.92. The molecule has 31 heavy (non-hydrogen) atoms. The Morgan fingerprint density at radius 1 is 1.00 bits per heavy atom. The molecule has 5 heterocycles. The Hall–Kier alpha value is -2.39. The number of aromatic nitrogens is 6. The Bertz CT molecular complexity index is 1020. The van der Waals surface area contributed by atoms with Crippen LogP contribution in [0.25, 0.3) is 5.65 Å². The van der Waals surface area contributed by atoms with Crippen molar-refractivity contribution in [1.29, 1.82) is 0 Å². The number of piperidine rings is 1. The summed E-state index contributed by atoms with van der Waals surface area (Å²) in [6.45, 7) is 10.8. The van der Waals surface area contributed by atoms with Gasteiger partial charge in [-0.1, -0.05) is 25.9 Å². The molecule has 3 aromatic rings.